The van der Waals surface area contributed by atoms with Crippen LogP contribution in [0, 0.1) is 0 Å². The molecule has 1 heterocycles. The highest BCUT2D eigenvalue weighted by molar-refractivity contribution is 7.18. The largest absolute Gasteiger partial charge is 0.507 e. The molecule has 0 fully saturated rings. The maximum absolute atomic E-state index is 12.4. The molecule has 0 bridgehead atoms. The van der Waals surface area contributed by atoms with Gasteiger partial charge in [-0.15, -0.1) is 11.3 Å². The molecule has 3 aromatic rings. The van der Waals surface area contributed by atoms with Crippen molar-refractivity contribution in [3.05, 3.63) is 59.1 Å². The van der Waals surface area contributed by atoms with E-state index in [1.165, 1.54) is 28.4 Å². The predicted molar refractivity (Wildman–Crippen MR) is 99.2 cm³/mol. The number of phenolic OH excluding ortho intramolecular Hbond substituents is 1. The first-order valence-electron chi connectivity index (χ1n) is 8.03. The van der Waals surface area contributed by atoms with Crippen LogP contribution in [0.5, 0.6) is 5.75 Å². The highest BCUT2D eigenvalue weighted by atomic mass is 32.1. The molecule has 26 heavy (non-hydrogen) atoms. The highest BCUT2D eigenvalue weighted by Crippen LogP contribution is 2.28. The Hall–Kier alpha value is -2.93. The molecule has 0 aliphatic carbocycles. The van der Waals surface area contributed by atoms with Gasteiger partial charge in [0.25, 0.3) is 5.91 Å². The van der Waals surface area contributed by atoms with E-state index in [2.05, 4.69) is 4.98 Å². The molecule has 3 rings (SSSR count). The van der Waals surface area contributed by atoms with Crippen LogP contribution in [-0.2, 0) is 9.53 Å². The van der Waals surface area contributed by atoms with Crippen LogP contribution in [0.1, 0.15) is 28.3 Å². The van der Waals surface area contributed by atoms with E-state index >= 15 is 0 Å². The second-order valence-electron chi connectivity index (χ2n) is 5.79. The first kappa shape index (κ1) is 17.9. The molecule has 1 atom stereocenters. The second kappa shape index (κ2) is 7.53. The zero-order valence-corrected chi connectivity index (χ0v) is 15.2. The van der Waals surface area contributed by atoms with Crippen LogP contribution in [0.15, 0.2) is 48.5 Å². The molecule has 2 aromatic carbocycles. The third-order valence-corrected chi connectivity index (χ3v) is 5.30. The monoisotopic (exact) mass is 370 g/mol. The molecule has 0 saturated heterocycles. The highest BCUT2D eigenvalue weighted by Gasteiger charge is 2.22. The Kier molecular flexibility index (Phi) is 5.18. The lowest BCUT2D eigenvalue weighted by Crippen LogP contribution is -2.33. The van der Waals surface area contributed by atoms with Gasteiger partial charge >= 0.3 is 5.97 Å². The Labute approximate surface area is 154 Å². The van der Waals surface area contributed by atoms with Crippen molar-refractivity contribution in [2.24, 2.45) is 0 Å². The van der Waals surface area contributed by atoms with E-state index in [0.29, 0.717) is 0 Å². The van der Waals surface area contributed by atoms with Gasteiger partial charge < -0.3 is 14.7 Å². The van der Waals surface area contributed by atoms with Crippen LogP contribution < -0.4 is 0 Å². The van der Waals surface area contributed by atoms with Gasteiger partial charge in [0.1, 0.15) is 16.3 Å². The van der Waals surface area contributed by atoms with Gasteiger partial charge in [-0.1, -0.05) is 24.3 Å². The van der Waals surface area contributed by atoms with Crippen molar-refractivity contribution in [2.45, 2.75) is 13.0 Å². The van der Waals surface area contributed by atoms with Crippen molar-refractivity contribution in [1.82, 2.24) is 9.88 Å². The normalized spacial score (nSPS) is 11.9. The molecule has 1 N–H and O–H groups in total. The van der Waals surface area contributed by atoms with E-state index in [1.807, 2.05) is 31.2 Å². The van der Waals surface area contributed by atoms with Crippen molar-refractivity contribution in [2.75, 3.05) is 13.7 Å². The van der Waals surface area contributed by atoms with Gasteiger partial charge in [0.05, 0.1) is 16.3 Å². The van der Waals surface area contributed by atoms with Crippen LogP contribution in [-0.4, -0.2) is 40.5 Å². The van der Waals surface area contributed by atoms with E-state index in [4.69, 9.17) is 4.74 Å². The molecule has 1 amide bonds. The molecule has 6 nitrogen and oxygen atoms in total. The first-order chi connectivity index (χ1) is 12.5. The number of carbonyl (C=O) groups excluding carboxylic acids is 2. The van der Waals surface area contributed by atoms with Crippen molar-refractivity contribution < 1.29 is 19.4 Å². The number of carbonyl (C=O) groups is 2. The number of hydrogen-bond donors (Lipinski definition) is 1. The summed E-state index contributed by atoms with van der Waals surface area (Å²) in [5, 5.41) is 10.5. The number of hydrogen-bond acceptors (Lipinski definition) is 6. The molecule has 0 aliphatic heterocycles. The molecule has 0 spiro atoms. The van der Waals surface area contributed by atoms with E-state index < -0.39 is 12.6 Å². The average Bonchev–Trinajstić information content (AvgIpc) is 3.09. The SMILES string of the molecule is C[C@@H](c1nc2ccccc2s1)N(C)C(=O)COC(=O)c1ccccc1O. The Morgan fingerprint density at radius 3 is 2.62 bits per heavy atom. The van der Waals surface area contributed by atoms with Gasteiger partial charge in [-0.25, -0.2) is 9.78 Å². The van der Waals surface area contributed by atoms with E-state index in [9.17, 15) is 14.7 Å². The number of ether oxygens (including phenoxy) is 1. The average molecular weight is 370 g/mol. The van der Waals surface area contributed by atoms with Gasteiger partial charge in [-0.3, -0.25) is 4.79 Å². The summed E-state index contributed by atoms with van der Waals surface area (Å²) in [6.45, 7) is 1.47. The smallest absolute Gasteiger partial charge is 0.342 e. The molecule has 1 aromatic heterocycles. The quantitative estimate of drug-likeness (QED) is 0.697. The molecule has 7 heteroatoms. The lowest BCUT2D eigenvalue weighted by Gasteiger charge is -2.23. The standard InChI is InChI=1S/C19H18N2O4S/c1-12(18-20-14-8-4-6-10-16(14)26-18)21(2)17(23)11-25-19(24)13-7-3-5-9-15(13)22/h3-10,12,22H,11H2,1-2H3/t12-/m0/s1. The van der Waals surface area contributed by atoms with Gasteiger partial charge in [-0.2, -0.15) is 0 Å². The van der Waals surface area contributed by atoms with Crippen LogP contribution in [0.4, 0.5) is 0 Å². The van der Waals surface area contributed by atoms with Crippen molar-refractivity contribution in [3.63, 3.8) is 0 Å². The minimum absolute atomic E-state index is 0.0298. The minimum Gasteiger partial charge on any atom is -0.507 e. The molecule has 0 unspecified atom stereocenters. The zero-order chi connectivity index (χ0) is 18.7. The summed E-state index contributed by atoms with van der Waals surface area (Å²) in [6, 6.07) is 13.6. The fourth-order valence-corrected chi connectivity index (χ4v) is 3.47. The Morgan fingerprint density at radius 2 is 1.88 bits per heavy atom. The summed E-state index contributed by atoms with van der Waals surface area (Å²) in [6.07, 6.45) is 0. The summed E-state index contributed by atoms with van der Waals surface area (Å²) in [5.74, 6) is -1.26. The fourth-order valence-electron chi connectivity index (χ4n) is 2.40. The van der Waals surface area contributed by atoms with Crippen LogP contribution >= 0.6 is 11.3 Å². The van der Waals surface area contributed by atoms with Crippen LogP contribution in [0.25, 0.3) is 10.2 Å². The minimum atomic E-state index is -0.738. The van der Waals surface area contributed by atoms with E-state index in [1.54, 1.807) is 19.2 Å². The summed E-state index contributed by atoms with van der Waals surface area (Å²) < 4.78 is 6.09. The van der Waals surface area contributed by atoms with E-state index in [0.717, 1.165) is 15.2 Å². The number of fused-ring (bicyclic) bond motifs is 1. The number of likely N-dealkylation sites (N-methyl/N-ethyl adjacent to an activating group) is 1. The molecule has 0 radical (unpaired) electrons. The zero-order valence-electron chi connectivity index (χ0n) is 14.4. The molecule has 134 valence electrons. The molecular weight excluding hydrogens is 352 g/mol. The molecule has 0 aliphatic rings. The number of benzene rings is 2. The number of para-hydroxylation sites is 2. The summed E-state index contributed by atoms with van der Waals surface area (Å²) >= 11 is 1.53. The van der Waals surface area contributed by atoms with Crippen LogP contribution in [0.2, 0.25) is 0 Å². The fraction of sp³-hybridized carbons (Fsp3) is 0.211. The summed E-state index contributed by atoms with van der Waals surface area (Å²) in [4.78, 5) is 30.4. The number of esters is 1. The van der Waals surface area contributed by atoms with Gasteiger partial charge in [0.15, 0.2) is 6.61 Å². The number of phenols is 1. The number of aromatic hydroxyl groups is 1. The predicted octanol–water partition coefficient (Wildman–Crippen LogP) is 3.38. The molecular formula is C19H18N2O4S. The Balaban J connectivity index is 1.63. The first-order valence-corrected chi connectivity index (χ1v) is 8.85. The van der Waals surface area contributed by atoms with Gasteiger partial charge in [0, 0.05) is 7.05 Å². The maximum Gasteiger partial charge on any atom is 0.342 e. The maximum atomic E-state index is 12.4. The number of nitrogens with zero attached hydrogens (tertiary/aromatic N) is 2. The number of aromatic nitrogens is 1. The summed E-state index contributed by atoms with van der Waals surface area (Å²) in [5.41, 5.74) is 0.924. The van der Waals surface area contributed by atoms with Gasteiger partial charge in [-0.05, 0) is 31.2 Å². The van der Waals surface area contributed by atoms with E-state index in [-0.39, 0.29) is 23.3 Å². The summed E-state index contributed by atoms with van der Waals surface area (Å²) in [7, 11) is 1.65. The van der Waals surface area contributed by atoms with Crippen molar-refractivity contribution in [3.8, 4) is 5.75 Å². The number of rotatable bonds is 5. The topological polar surface area (TPSA) is 79.7 Å². The Morgan fingerprint density at radius 1 is 1.19 bits per heavy atom. The number of thiazole rings is 1. The second-order valence-corrected chi connectivity index (χ2v) is 6.86. The third-order valence-electron chi connectivity index (χ3n) is 4.09. The Bertz CT molecular complexity index is 920. The van der Waals surface area contributed by atoms with Crippen molar-refractivity contribution >= 4 is 33.4 Å². The third kappa shape index (κ3) is 3.67. The number of amides is 1. The van der Waals surface area contributed by atoms with Crippen molar-refractivity contribution in [1.29, 1.82) is 0 Å². The lowest BCUT2D eigenvalue weighted by molar-refractivity contribution is -0.135. The molecule has 0 saturated carbocycles. The van der Waals surface area contributed by atoms with Crippen LogP contribution in [0.3, 0.4) is 0 Å². The van der Waals surface area contributed by atoms with Gasteiger partial charge in [0.2, 0.25) is 0 Å². The lowest BCUT2D eigenvalue weighted by atomic mass is 10.2.